The number of guanidine groups is 1. The standard InChI is InChI=1S/C19H27N5O/c1-15-11-23-24(13-15)10-9-21-19(20-2)22-12-17-5-3-4-6-18(17)25-14-16-7-8-16/h3-6,11,13,16H,7-10,12,14H2,1-2H3,(H2,20,21,22). The van der Waals surface area contributed by atoms with Crippen LogP contribution in [0.5, 0.6) is 5.75 Å². The molecule has 6 nitrogen and oxygen atoms in total. The quantitative estimate of drug-likeness (QED) is 0.571. The van der Waals surface area contributed by atoms with Gasteiger partial charge in [0.2, 0.25) is 0 Å². The zero-order valence-corrected chi connectivity index (χ0v) is 15.0. The van der Waals surface area contributed by atoms with Crippen LogP contribution in [0.4, 0.5) is 0 Å². The lowest BCUT2D eigenvalue weighted by Gasteiger charge is -2.15. The molecule has 0 amide bonds. The Balaban J connectivity index is 1.45. The maximum absolute atomic E-state index is 5.96. The van der Waals surface area contributed by atoms with Crippen LogP contribution in [-0.4, -0.2) is 35.9 Å². The molecule has 1 aromatic heterocycles. The van der Waals surface area contributed by atoms with E-state index in [0.29, 0.717) is 6.54 Å². The van der Waals surface area contributed by atoms with Crippen molar-refractivity contribution in [2.24, 2.45) is 10.9 Å². The molecule has 1 aliphatic rings. The molecule has 0 radical (unpaired) electrons. The highest BCUT2D eigenvalue weighted by Crippen LogP contribution is 2.30. The second-order valence-corrected chi connectivity index (χ2v) is 6.50. The fraction of sp³-hybridized carbons (Fsp3) is 0.474. The van der Waals surface area contributed by atoms with Gasteiger partial charge in [0.1, 0.15) is 5.75 Å². The maximum atomic E-state index is 5.96. The number of aryl methyl sites for hydroxylation is 1. The van der Waals surface area contributed by atoms with E-state index in [-0.39, 0.29) is 0 Å². The number of hydrogen-bond acceptors (Lipinski definition) is 3. The number of rotatable bonds is 8. The minimum absolute atomic E-state index is 0.682. The minimum atomic E-state index is 0.682. The van der Waals surface area contributed by atoms with E-state index in [1.807, 2.05) is 42.2 Å². The van der Waals surface area contributed by atoms with Crippen LogP contribution < -0.4 is 15.4 Å². The Hall–Kier alpha value is -2.50. The van der Waals surface area contributed by atoms with Gasteiger partial charge in [0.05, 0.1) is 19.3 Å². The van der Waals surface area contributed by atoms with Gasteiger partial charge in [0.15, 0.2) is 5.96 Å². The van der Waals surface area contributed by atoms with Crippen LogP contribution in [0.2, 0.25) is 0 Å². The van der Waals surface area contributed by atoms with E-state index in [2.05, 4.69) is 26.8 Å². The van der Waals surface area contributed by atoms with Gasteiger partial charge < -0.3 is 15.4 Å². The second-order valence-electron chi connectivity index (χ2n) is 6.50. The molecule has 2 aromatic rings. The molecule has 1 fully saturated rings. The highest BCUT2D eigenvalue weighted by molar-refractivity contribution is 5.79. The van der Waals surface area contributed by atoms with Gasteiger partial charge in [-0.05, 0) is 37.3 Å². The van der Waals surface area contributed by atoms with E-state index < -0.39 is 0 Å². The van der Waals surface area contributed by atoms with Crippen molar-refractivity contribution in [3.05, 3.63) is 47.8 Å². The molecule has 0 atom stereocenters. The number of ether oxygens (including phenoxy) is 1. The molecule has 0 bridgehead atoms. The van der Waals surface area contributed by atoms with Crippen LogP contribution in [0.1, 0.15) is 24.0 Å². The van der Waals surface area contributed by atoms with Crippen molar-refractivity contribution >= 4 is 5.96 Å². The zero-order valence-electron chi connectivity index (χ0n) is 15.0. The molecule has 3 rings (SSSR count). The van der Waals surface area contributed by atoms with Crippen LogP contribution in [0.3, 0.4) is 0 Å². The fourth-order valence-corrected chi connectivity index (χ4v) is 2.56. The van der Waals surface area contributed by atoms with Crippen LogP contribution >= 0.6 is 0 Å². The number of nitrogens with one attached hydrogen (secondary N) is 2. The third-order valence-electron chi connectivity index (χ3n) is 4.21. The topological polar surface area (TPSA) is 63.5 Å². The molecular formula is C19H27N5O. The molecule has 0 saturated heterocycles. The summed E-state index contributed by atoms with van der Waals surface area (Å²) in [5.74, 6) is 2.49. The lowest BCUT2D eigenvalue weighted by Crippen LogP contribution is -2.38. The van der Waals surface area contributed by atoms with E-state index in [4.69, 9.17) is 4.74 Å². The van der Waals surface area contributed by atoms with E-state index in [0.717, 1.165) is 42.9 Å². The fourth-order valence-electron chi connectivity index (χ4n) is 2.56. The summed E-state index contributed by atoms with van der Waals surface area (Å²) in [6.45, 7) is 5.12. The Morgan fingerprint density at radius 1 is 1.32 bits per heavy atom. The summed E-state index contributed by atoms with van der Waals surface area (Å²) in [7, 11) is 1.78. The molecule has 1 aromatic carbocycles. The highest BCUT2D eigenvalue weighted by Gasteiger charge is 2.22. The van der Waals surface area contributed by atoms with Gasteiger partial charge in [-0.1, -0.05) is 18.2 Å². The summed E-state index contributed by atoms with van der Waals surface area (Å²) in [4.78, 5) is 4.28. The van der Waals surface area contributed by atoms with Crippen molar-refractivity contribution in [2.75, 3.05) is 20.2 Å². The first-order valence-electron chi connectivity index (χ1n) is 8.89. The minimum Gasteiger partial charge on any atom is -0.493 e. The number of nitrogens with zero attached hydrogens (tertiary/aromatic N) is 3. The van der Waals surface area contributed by atoms with Gasteiger partial charge in [0.25, 0.3) is 0 Å². The molecule has 6 heteroatoms. The Morgan fingerprint density at radius 2 is 2.16 bits per heavy atom. The zero-order chi connectivity index (χ0) is 17.5. The smallest absolute Gasteiger partial charge is 0.191 e. The highest BCUT2D eigenvalue weighted by atomic mass is 16.5. The van der Waals surface area contributed by atoms with Crippen LogP contribution in [0.25, 0.3) is 0 Å². The molecule has 0 spiro atoms. The monoisotopic (exact) mass is 341 g/mol. The van der Waals surface area contributed by atoms with Crippen LogP contribution in [-0.2, 0) is 13.1 Å². The molecule has 2 N–H and O–H groups in total. The van der Waals surface area contributed by atoms with Gasteiger partial charge in [-0.15, -0.1) is 0 Å². The van der Waals surface area contributed by atoms with E-state index in [1.54, 1.807) is 7.05 Å². The summed E-state index contributed by atoms with van der Waals surface area (Å²) in [5.41, 5.74) is 2.32. The first-order valence-corrected chi connectivity index (χ1v) is 8.89. The second kappa shape index (κ2) is 8.55. The number of aromatic nitrogens is 2. The van der Waals surface area contributed by atoms with Crippen molar-refractivity contribution in [1.82, 2.24) is 20.4 Å². The van der Waals surface area contributed by atoms with Crippen LogP contribution in [0.15, 0.2) is 41.7 Å². The first kappa shape index (κ1) is 17.3. The number of benzene rings is 1. The summed E-state index contributed by atoms with van der Waals surface area (Å²) < 4.78 is 7.88. The molecule has 1 heterocycles. The lowest BCUT2D eigenvalue weighted by molar-refractivity contribution is 0.296. The summed E-state index contributed by atoms with van der Waals surface area (Å²) in [6.07, 6.45) is 6.50. The number of hydrogen-bond donors (Lipinski definition) is 2. The van der Waals surface area contributed by atoms with Crippen LogP contribution in [0, 0.1) is 12.8 Å². The van der Waals surface area contributed by atoms with E-state index in [1.165, 1.54) is 18.4 Å². The molecule has 1 aliphatic carbocycles. The molecule has 25 heavy (non-hydrogen) atoms. The number of para-hydroxylation sites is 1. The largest absolute Gasteiger partial charge is 0.493 e. The third-order valence-corrected chi connectivity index (χ3v) is 4.21. The molecule has 134 valence electrons. The Morgan fingerprint density at radius 3 is 2.88 bits per heavy atom. The summed E-state index contributed by atoms with van der Waals surface area (Å²) in [5, 5.41) is 10.9. The van der Waals surface area contributed by atoms with Gasteiger partial charge in [-0.2, -0.15) is 5.10 Å². The SMILES string of the molecule is CN=C(NCCn1cc(C)cn1)NCc1ccccc1OCC1CC1. The Bertz CT molecular complexity index is 705. The summed E-state index contributed by atoms with van der Waals surface area (Å²) in [6, 6.07) is 8.19. The van der Waals surface area contributed by atoms with Crippen molar-refractivity contribution < 1.29 is 4.74 Å². The molecule has 0 unspecified atom stereocenters. The van der Waals surface area contributed by atoms with Gasteiger partial charge >= 0.3 is 0 Å². The normalized spacial score (nSPS) is 14.4. The van der Waals surface area contributed by atoms with Crippen molar-refractivity contribution in [1.29, 1.82) is 0 Å². The number of aliphatic imine (C=N–C) groups is 1. The predicted molar refractivity (Wildman–Crippen MR) is 99.8 cm³/mol. The summed E-state index contributed by atoms with van der Waals surface area (Å²) >= 11 is 0. The Kier molecular flexibility index (Phi) is 5.93. The molecular weight excluding hydrogens is 314 g/mol. The molecule has 0 aliphatic heterocycles. The van der Waals surface area contributed by atoms with Gasteiger partial charge in [-0.25, -0.2) is 0 Å². The third kappa shape index (κ3) is 5.52. The average molecular weight is 341 g/mol. The maximum Gasteiger partial charge on any atom is 0.191 e. The van der Waals surface area contributed by atoms with Crippen molar-refractivity contribution in [3.8, 4) is 5.75 Å². The van der Waals surface area contributed by atoms with E-state index in [9.17, 15) is 0 Å². The van der Waals surface area contributed by atoms with Gasteiger partial charge in [-0.3, -0.25) is 9.67 Å². The first-order chi connectivity index (χ1) is 12.2. The van der Waals surface area contributed by atoms with E-state index >= 15 is 0 Å². The molecule has 1 saturated carbocycles. The van der Waals surface area contributed by atoms with Crippen molar-refractivity contribution in [2.45, 2.75) is 32.9 Å². The van der Waals surface area contributed by atoms with Crippen molar-refractivity contribution in [3.63, 3.8) is 0 Å². The van der Waals surface area contributed by atoms with Gasteiger partial charge in [0, 0.05) is 31.9 Å². The Labute approximate surface area is 149 Å². The predicted octanol–water partition coefficient (Wildman–Crippen LogP) is 2.35. The average Bonchev–Trinajstić information content (AvgIpc) is 3.37. The lowest BCUT2D eigenvalue weighted by atomic mass is 10.2.